The van der Waals surface area contributed by atoms with Crippen LogP contribution in [0.3, 0.4) is 0 Å². The molecule has 1 N–H and O–H groups in total. The molecule has 1 aliphatic rings. The van der Waals surface area contributed by atoms with Gasteiger partial charge >= 0.3 is 0 Å². The smallest absolute Gasteiger partial charge is 0.224 e. The van der Waals surface area contributed by atoms with Crippen molar-refractivity contribution in [3.05, 3.63) is 35.9 Å². The predicted molar refractivity (Wildman–Crippen MR) is 82.6 cm³/mol. The molecular weight excluding hydrogens is 264 g/mol. The Kier molecular flexibility index (Phi) is 5.37. The van der Waals surface area contributed by atoms with Crippen molar-refractivity contribution in [3.63, 3.8) is 0 Å². The van der Waals surface area contributed by atoms with E-state index < -0.39 is 0 Å². The number of amides is 2. The number of likely N-dealkylation sites (tertiary alicyclic amines) is 1. The molecule has 1 aromatic rings. The molecule has 1 aromatic carbocycles. The molecule has 0 aliphatic carbocycles. The topological polar surface area (TPSA) is 49.4 Å². The predicted octanol–water partition coefficient (Wildman–Crippen LogP) is 2.51. The Bertz CT molecular complexity index is 487. The maximum absolute atomic E-state index is 12.5. The highest BCUT2D eigenvalue weighted by Gasteiger charge is 2.24. The lowest BCUT2D eigenvalue weighted by molar-refractivity contribution is -0.133. The SMILES string of the molecule is CC(=O)N[C@@H](CC(=O)N1CCC[C@H](C)C1)c1ccccc1. The molecule has 1 heterocycles. The molecule has 0 spiro atoms. The molecule has 21 heavy (non-hydrogen) atoms. The lowest BCUT2D eigenvalue weighted by Crippen LogP contribution is -2.41. The first-order valence-corrected chi connectivity index (χ1v) is 7.66. The highest BCUT2D eigenvalue weighted by molar-refractivity contribution is 5.79. The van der Waals surface area contributed by atoms with Crippen LogP contribution in [0, 0.1) is 5.92 Å². The summed E-state index contributed by atoms with van der Waals surface area (Å²) in [4.78, 5) is 25.8. The molecule has 2 amide bonds. The molecule has 4 heteroatoms. The summed E-state index contributed by atoms with van der Waals surface area (Å²) in [7, 11) is 0. The van der Waals surface area contributed by atoms with E-state index in [1.54, 1.807) is 0 Å². The van der Waals surface area contributed by atoms with E-state index in [2.05, 4.69) is 12.2 Å². The van der Waals surface area contributed by atoms with Crippen molar-refractivity contribution >= 4 is 11.8 Å². The minimum absolute atomic E-state index is 0.108. The number of carbonyl (C=O) groups excluding carboxylic acids is 2. The van der Waals surface area contributed by atoms with Gasteiger partial charge in [0.1, 0.15) is 0 Å². The second-order valence-corrected chi connectivity index (χ2v) is 5.96. The van der Waals surface area contributed by atoms with Crippen LogP contribution in [0.25, 0.3) is 0 Å². The van der Waals surface area contributed by atoms with Crippen molar-refractivity contribution in [1.29, 1.82) is 0 Å². The summed E-state index contributed by atoms with van der Waals surface area (Å²) in [5.74, 6) is 0.589. The van der Waals surface area contributed by atoms with E-state index in [1.807, 2.05) is 35.2 Å². The summed E-state index contributed by atoms with van der Waals surface area (Å²) < 4.78 is 0. The van der Waals surface area contributed by atoms with Gasteiger partial charge in [0.05, 0.1) is 12.5 Å². The number of benzene rings is 1. The molecule has 0 aromatic heterocycles. The van der Waals surface area contributed by atoms with Crippen molar-refractivity contribution in [2.45, 2.75) is 39.2 Å². The Balaban J connectivity index is 2.04. The van der Waals surface area contributed by atoms with E-state index in [9.17, 15) is 9.59 Å². The van der Waals surface area contributed by atoms with E-state index in [1.165, 1.54) is 13.3 Å². The first-order valence-electron chi connectivity index (χ1n) is 7.66. The standard InChI is InChI=1S/C17H24N2O2/c1-13-7-6-10-19(12-13)17(21)11-16(18-14(2)20)15-8-4-3-5-9-15/h3-5,8-9,13,16H,6-7,10-12H2,1-2H3,(H,18,20)/t13-,16-/m0/s1. The number of rotatable bonds is 4. The third-order valence-corrected chi connectivity index (χ3v) is 3.97. The lowest BCUT2D eigenvalue weighted by atomic mass is 9.98. The molecule has 114 valence electrons. The molecule has 1 fully saturated rings. The average Bonchev–Trinajstić information content (AvgIpc) is 2.47. The van der Waals surface area contributed by atoms with Crippen LogP contribution >= 0.6 is 0 Å². The molecule has 0 saturated carbocycles. The largest absolute Gasteiger partial charge is 0.349 e. The summed E-state index contributed by atoms with van der Waals surface area (Å²) in [6.07, 6.45) is 2.59. The van der Waals surface area contributed by atoms with Crippen molar-refractivity contribution in [2.75, 3.05) is 13.1 Å². The highest BCUT2D eigenvalue weighted by atomic mass is 16.2. The zero-order chi connectivity index (χ0) is 15.2. The van der Waals surface area contributed by atoms with E-state index >= 15 is 0 Å². The number of nitrogens with one attached hydrogen (secondary N) is 1. The van der Waals surface area contributed by atoms with Crippen LogP contribution in [0.2, 0.25) is 0 Å². The van der Waals surface area contributed by atoms with Crippen molar-refractivity contribution in [3.8, 4) is 0 Å². The van der Waals surface area contributed by atoms with Gasteiger partial charge in [0.25, 0.3) is 0 Å². The third-order valence-electron chi connectivity index (χ3n) is 3.97. The maximum atomic E-state index is 12.5. The fourth-order valence-corrected chi connectivity index (χ4v) is 2.90. The first-order chi connectivity index (χ1) is 10.1. The molecular formula is C17H24N2O2. The molecule has 1 aliphatic heterocycles. The zero-order valence-corrected chi connectivity index (χ0v) is 12.8. The highest BCUT2D eigenvalue weighted by Crippen LogP contribution is 2.21. The third kappa shape index (κ3) is 4.59. The summed E-state index contributed by atoms with van der Waals surface area (Å²) in [5.41, 5.74) is 0.978. The van der Waals surface area contributed by atoms with Crippen molar-refractivity contribution < 1.29 is 9.59 Å². The second-order valence-electron chi connectivity index (χ2n) is 5.96. The lowest BCUT2D eigenvalue weighted by Gasteiger charge is -2.32. The van der Waals surface area contributed by atoms with Crippen molar-refractivity contribution in [2.24, 2.45) is 5.92 Å². The van der Waals surface area contributed by atoms with Crippen LogP contribution in [0.5, 0.6) is 0 Å². The average molecular weight is 288 g/mol. The van der Waals surface area contributed by atoms with Crippen LogP contribution in [-0.4, -0.2) is 29.8 Å². The number of nitrogens with zero attached hydrogens (tertiary/aromatic N) is 1. The molecule has 4 nitrogen and oxygen atoms in total. The monoisotopic (exact) mass is 288 g/mol. The maximum Gasteiger partial charge on any atom is 0.224 e. The minimum atomic E-state index is -0.242. The number of hydrogen-bond donors (Lipinski definition) is 1. The Morgan fingerprint density at radius 2 is 2.05 bits per heavy atom. The Hall–Kier alpha value is -1.84. The number of carbonyl (C=O) groups is 2. The normalized spacial score (nSPS) is 19.9. The molecule has 0 radical (unpaired) electrons. The quantitative estimate of drug-likeness (QED) is 0.925. The second kappa shape index (κ2) is 7.25. The fraction of sp³-hybridized carbons (Fsp3) is 0.529. The van der Waals surface area contributed by atoms with Gasteiger partial charge in [0.15, 0.2) is 0 Å². The molecule has 1 saturated heterocycles. The zero-order valence-electron chi connectivity index (χ0n) is 12.8. The Labute approximate surface area is 126 Å². The van der Waals surface area contributed by atoms with Crippen LogP contribution in [0.4, 0.5) is 0 Å². The van der Waals surface area contributed by atoms with Crippen LogP contribution in [-0.2, 0) is 9.59 Å². The van der Waals surface area contributed by atoms with Crippen molar-refractivity contribution in [1.82, 2.24) is 10.2 Å². The van der Waals surface area contributed by atoms with Gasteiger partial charge in [0.2, 0.25) is 11.8 Å². The Morgan fingerprint density at radius 1 is 1.33 bits per heavy atom. The van der Waals surface area contributed by atoms with Crippen LogP contribution < -0.4 is 5.32 Å². The molecule has 0 bridgehead atoms. The number of hydrogen-bond acceptors (Lipinski definition) is 2. The Morgan fingerprint density at radius 3 is 2.67 bits per heavy atom. The first kappa shape index (κ1) is 15.5. The summed E-state index contributed by atoms with van der Waals surface area (Å²) in [6.45, 7) is 5.34. The van der Waals surface area contributed by atoms with Gasteiger partial charge in [-0.05, 0) is 24.3 Å². The summed E-state index contributed by atoms with van der Waals surface area (Å²) in [6, 6.07) is 9.45. The molecule has 2 atom stereocenters. The van der Waals surface area contributed by atoms with Crippen LogP contribution in [0.15, 0.2) is 30.3 Å². The molecule has 0 unspecified atom stereocenters. The number of piperidine rings is 1. The van der Waals surface area contributed by atoms with Gasteiger partial charge in [0, 0.05) is 20.0 Å². The van der Waals surface area contributed by atoms with Gasteiger partial charge in [-0.3, -0.25) is 9.59 Å². The van der Waals surface area contributed by atoms with Gasteiger partial charge in [-0.2, -0.15) is 0 Å². The van der Waals surface area contributed by atoms with Gasteiger partial charge in [-0.25, -0.2) is 0 Å². The van der Waals surface area contributed by atoms with E-state index in [0.29, 0.717) is 12.3 Å². The summed E-state index contributed by atoms with van der Waals surface area (Å²) >= 11 is 0. The van der Waals surface area contributed by atoms with E-state index in [0.717, 1.165) is 25.1 Å². The van der Waals surface area contributed by atoms with Gasteiger partial charge in [-0.1, -0.05) is 37.3 Å². The van der Waals surface area contributed by atoms with Gasteiger partial charge < -0.3 is 10.2 Å². The van der Waals surface area contributed by atoms with Gasteiger partial charge in [-0.15, -0.1) is 0 Å². The van der Waals surface area contributed by atoms with E-state index in [-0.39, 0.29) is 17.9 Å². The fourth-order valence-electron chi connectivity index (χ4n) is 2.90. The minimum Gasteiger partial charge on any atom is -0.349 e. The van der Waals surface area contributed by atoms with E-state index in [4.69, 9.17) is 0 Å². The van der Waals surface area contributed by atoms with Crippen LogP contribution in [0.1, 0.15) is 44.7 Å². The summed E-state index contributed by atoms with van der Waals surface area (Å²) in [5, 5.41) is 2.89. The molecule has 2 rings (SSSR count).